The molecule has 3 rings (SSSR count). The fourth-order valence-electron chi connectivity index (χ4n) is 13.0. The number of quaternary nitrogens is 1. The van der Waals surface area contributed by atoms with Gasteiger partial charge in [-0.1, -0.05) is 26.0 Å². The van der Waals surface area contributed by atoms with Gasteiger partial charge in [0.1, 0.15) is 24.5 Å². The van der Waals surface area contributed by atoms with Gasteiger partial charge in [0.15, 0.2) is 0 Å². The standard InChI is InChI=1S/C84H133N15O15S2.CH4/c1-10-16-21-35-76(104)93(46-48-95(78(106)37-23-18-12-3)50-52-97(75(103)15-6)55-66-115-65-40-70(100)31-29-42-88-83(110)114-84(7,8)9)45-47-94(77(105)36-22-17-11-2)49-51-96(79(107)38-24-19-13-4)53-58-99(56-41-85,80(108)39-25-20-14-5)57-43-86-74(102)34-28-30-69-67-98(92-91-69)54-60-112-62-64-113-63-61-111-59-44-87-73(101)33-27-26-32-72-81-71(68-116-72)89-82(109)90-81;/h1-5,67,71-72,81H,15-66,68,85H2,6-9H3,(H4-,86,87,88,89,90,101,102,109,110);1H4/p+1/t71-,72-,81-,99?;/m0./s1. The summed E-state index contributed by atoms with van der Waals surface area (Å²) >= 11 is 3.42. The smallest absolute Gasteiger partial charge is 0.407 e. The van der Waals surface area contributed by atoms with Crippen molar-refractivity contribution in [3.05, 3.63) is 11.9 Å². The van der Waals surface area contributed by atoms with Gasteiger partial charge in [-0.15, -0.1) is 66.8 Å². The molecule has 0 radical (unpaired) electrons. The maximum Gasteiger partial charge on any atom is 0.407 e. The van der Waals surface area contributed by atoms with Crippen molar-refractivity contribution in [2.24, 2.45) is 5.73 Å². The fraction of sp³-hybridized carbons (Fsp3) is 0.729. The zero-order valence-corrected chi connectivity index (χ0v) is 71.3. The zero-order chi connectivity index (χ0) is 85.0. The SMILES string of the molecule is C.C#CCCCC(=O)N(CCN(CCSCCC(=O)CCCNC(=O)OC(C)(C)C)C(=O)CC)CCN(CCN(CCN(CC[N+](CCN)(CCNC(=O)CCCc1cn(CCOCCOCCOCCNC(=O)CCCC[C@@H]2SC[C@@H]3NC(=O)N[C@@H]32)nn1)C(=O)CCCC#C)C(=O)CCCC#C)C(=O)CCCC#C)C(=O)CCCC#C. The molecule has 0 bridgehead atoms. The van der Waals surface area contributed by atoms with E-state index >= 15 is 0 Å². The van der Waals surface area contributed by atoms with Gasteiger partial charge in [-0.05, 0) is 85.0 Å². The van der Waals surface area contributed by atoms with Crippen molar-refractivity contribution in [1.29, 1.82) is 0 Å². The number of nitrogens with two attached hydrogens (primary N) is 1. The molecule has 1 aromatic heterocycles. The Morgan fingerprint density at radius 3 is 1.58 bits per heavy atom. The van der Waals surface area contributed by atoms with Gasteiger partial charge in [0.05, 0.1) is 90.0 Å². The Morgan fingerprint density at radius 2 is 1.06 bits per heavy atom. The van der Waals surface area contributed by atoms with E-state index in [1.54, 1.807) is 68.6 Å². The number of carbonyl (C=O) groups excluding carboxylic acids is 11. The van der Waals surface area contributed by atoms with Crippen molar-refractivity contribution in [3.8, 4) is 61.7 Å². The predicted molar refractivity (Wildman–Crippen MR) is 458 cm³/mol. The van der Waals surface area contributed by atoms with E-state index < -0.39 is 11.7 Å². The number of unbranched alkanes of at least 4 members (excludes halogenated alkanes) is 6. The topological polar surface area (TPSA) is 358 Å². The van der Waals surface area contributed by atoms with Gasteiger partial charge < -0.3 is 75.8 Å². The molecule has 30 nitrogen and oxygen atoms in total. The van der Waals surface area contributed by atoms with Crippen LogP contribution in [-0.2, 0) is 75.1 Å². The van der Waals surface area contributed by atoms with Crippen LogP contribution in [0.25, 0.3) is 0 Å². The first-order valence-corrected chi connectivity index (χ1v) is 43.7. The van der Waals surface area contributed by atoms with E-state index in [1.165, 1.54) is 0 Å². The van der Waals surface area contributed by atoms with E-state index in [0.29, 0.717) is 191 Å². The summed E-state index contributed by atoms with van der Waals surface area (Å²) in [5.41, 5.74) is 6.39. The fourth-order valence-corrected chi connectivity index (χ4v) is 15.5. The quantitative estimate of drug-likeness (QED) is 0.0185. The lowest BCUT2D eigenvalue weighted by Crippen LogP contribution is -2.60. The number of rotatable bonds is 67. The molecule has 0 aromatic carbocycles. The lowest BCUT2D eigenvalue weighted by molar-refractivity contribution is -0.851. The van der Waals surface area contributed by atoms with E-state index in [-0.39, 0.29) is 220 Å². The molecular formula is C85H138N15O15S2+. The Bertz CT molecular complexity index is 3360. The van der Waals surface area contributed by atoms with Crippen LogP contribution in [0.4, 0.5) is 9.59 Å². The zero-order valence-electron chi connectivity index (χ0n) is 69.7. The number of nitrogens with zero attached hydrogens (tertiary/aromatic N) is 9. The van der Waals surface area contributed by atoms with Crippen molar-refractivity contribution in [2.75, 3.05) is 168 Å². The normalized spacial score (nSPS) is 14.4. The highest BCUT2D eigenvalue weighted by atomic mass is 32.2. The number of Topliss-reactive ketones (excluding diaryl/α,β-unsaturated/α-hetero) is 1. The Morgan fingerprint density at radius 1 is 0.564 bits per heavy atom. The molecule has 654 valence electrons. The first-order chi connectivity index (χ1) is 55.9. The molecule has 2 aliphatic heterocycles. The minimum atomic E-state index is -0.628. The van der Waals surface area contributed by atoms with Crippen LogP contribution in [-0.4, -0.2) is 300 Å². The third-order valence-corrected chi connectivity index (χ3v) is 22.0. The first kappa shape index (κ1) is 105. The maximum atomic E-state index is 14.6. The van der Waals surface area contributed by atoms with Gasteiger partial charge >= 0.3 is 18.0 Å². The number of carbonyl (C=O) groups is 11. The molecule has 11 amide bonds. The number of urea groups is 1. The second kappa shape index (κ2) is 63.7. The van der Waals surface area contributed by atoms with E-state index in [2.05, 4.69) is 66.5 Å². The average Bonchev–Trinajstić information content (AvgIpc) is 1.59. The number of hydrogen-bond donors (Lipinski definition) is 6. The van der Waals surface area contributed by atoms with E-state index in [9.17, 15) is 52.7 Å². The summed E-state index contributed by atoms with van der Waals surface area (Å²) < 4.78 is 23.7. The summed E-state index contributed by atoms with van der Waals surface area (Å²) in [7, 11) is 0. The molecule has 1 unspecified atom stereocenters. The number of amides is 11. The van der Waals surface area contributed by atoms with Crippen molar-refractivity contribution in [2.45, 2.75) is 232 Å². The predicted octanol–water partition coefficient (Wildman–Crippen LogP) is 6.11. The minimum absolute atomic E-state index is 0. The number of nitrogens with one attached hydrogen (secondary N) is 5. The van der Waals surface area contributed by atoms with Gasteiger partial charge in [0, 0.05) is 197 Å². The molecule has 0 saturated carbocycles. The van der Waals surface area contributed by atoms with Crippen molar-refractivity contribution in [1.82, 2.24) is 66.1 Å². The van der Waals surface area contributed by atoms with Crippen LogP contribution >= 0.6 is 23.5 Å². The molecule has 32 heteroatoms. The monoisotopic (exact) mass is 1670 g/mol. The highest BCUT2D eigenvalue weighted by Crippen LogP contribution is 2.33. The van der Waals surface area contributed by atoms with Crippen LogP contribution < -0.4 is 32.3 Å². The highest BCUT2D eigenvalue weighted by Gasteiger charge is 2.43. The number of ketones is 1. The Balaban J connectivity index is 0.0000464. The molecule has 2 aliphatic rings. The molecule has 2 saturated heterocycles. The molecular weight excluding hydrogens is 1540 g/mol. The average molecular weight is 1670 g/mol. The Hall–Kier alpha value is -8.39. The van der Waals surface area contributed by atoms with Gasteiger partial charge in [-0.25, -0.2) is 19.1 Å². The first-order valence-electron chi connectivity index (χ1n) is 41.5. The number of aromatic nitrogens is 3. The number of alkyl carbamates (subject to hydrolysis) is 1. The van der Waals surface area contributed by atoms with Crippen LogP contribution in [0.3, 0.4) is 0 Å². The van der Waals surface area contributed by atoms with Crippen LogP contribution in [0.5, 0.6) is 0 Å². The number of ether oxygens (including phenoxy) is 4. The lowest BCUT2D eigenvalue weighted by Gasteiger charge is -2.38. The number of fused-ring (bicyclic) bond motifs is 1. The third-order valence-electron chi connectivity index (χ3n) is 19.5. The van der Waals surface area contributed by atoms with E-state index in [0.717, 1.165) is 25.0 Å². The molecule has 1 aromatic rings. The van der Waals surface area contributed by atoms with Crippen LogP contribution in [0.15, 0.2) is 6.20 Å². The Kier molecular flexibility index (Phi) is 57.0. The van der Waals surface area contributed by atoms with E-state index in [4.69, 9.17) is 56.8 Å². The summed E-state index contributed by atoms with van der Waals surface area (Å²) in [4.78, 5) is 155. The molecule has 7 N–H and O–H groups in total. The van der Waals surface area contributed by atoms with Crippen molar-refractivity contribution >= 4 is 88.7 Å². The lowest BCUT2D eigenvalue weighted by atomic mass is 10.0. The van der Waals surface area contributed by atoms with E-state index in [1.807, 2.05) is 18.0 Å². The summed E-state index contributed by atoms with van der Waals surface area (Å²) in [6.45, 7) is 12.4. The minimum Gasteiger partial charge on any atom is -0.444 e. The van der Waals surface area contributed by atoms with Crippen molar-refractivity contribution in [3.63, 3.8) is 0 Å². The summed E-state index contributed by atoms with van der Waals surface area (Å²) in [5, 5.41) is 23.4. The molecule has 3 heterocycles. The number of aryl methyl sites for hydroxylation is 1. The summed E-state index contributed by atoms with van der Waals surface area (Å²) in [6.07, 6.45) is 39.3. The summed E-state index contributed by atoms with van der Waals surface area (Å²) in [6, 6.07) is 0.287. The third kappa shape index (κ3) is 47.1. The highest BCUT2D eigenvalue weighted by molar-refractivity contribution is 8.00. The molecule has 4 atom stereocenters. The number of hydrogen-bond acceptors (Lipinski definition) is 20. The molecule has 117 heavy (non-hydrogen) atoms. The molecule has 0 aliphatic carbocycles. The van der Waals surface area contributed by atoms with Gasteiger partial charge in [-0.3, -0.25) is 42.8 Å². The summed E-state index contributed by atoms with van der Waals surface area (Å²) in [5.74, 6) is 13.6. The second-order valence-corrected chi connectivity index (χ2v) is 32.2. The van der Waals surface area contributed by atoms with Crippen molar-refractivity contribution < 1.29 is 76.2 Å². The van der Waals surface area contributed by atoms with Gasteiger partial charge in [-0.2, -0.15) is 23.5 Å². The van der Waals surface area contributed by atoms with Crippen LogP contribution in [0, 0.1) is 61.7 Å². The Labute approximate surface area is 706 Å². The van der Waals surface area contributed by atoms with Crippen LogP contribution in [0.1, 0.15) is 201 Å². The molecule has 0 spiro atoms. The van der Waals surface area contributed by atoms with Gasteiger partial charge in [0.25, 0.3) is 0 Å². The number of terminal acetylenes is 5. The van der Waals surface area contributed by atoms with Gasteiger partial charge in [0.2, 0.25) is 41.4 Å². The largest absolute Gasteiger partial charge is 0.444 e. The second-order valence-electron chi connectivity index (χ2n) is 29.7. The van der Waals surface area contributed by atoms with Crippen LogP contribution in [0.2, 0.25) is 0 Å². The maximum absolute atomic E-state index is 14.6. The molecule has 2 fully saturated rings. The number of thioether (sulfide) groups is 2.